The zero-order chi connectivity index (χ0) is 15.4. The van der Waals surface area contributed by atoms with Gasteiger partial charge in [-0.3, -0.25) is 4.79 Å². The van der Waals surface area contributed by atoms with Crippen LogP contribution in [0.25, 0.3) is 0 Å². The second kappa shape index (κ2) is 7.30. The summed E-state index contributed by atoms with van der Waals surface area (Å²) >= 11 is 0. The van der Waals surface area contributed by atoms with Gasteiger partial charge >= 0.3 is 0 Å². The van der Waals surface area contributed by atoms with E-state index in [1.807, 2.05) is 25.1 Å². The Balaban J connectivity index is 1.45. The van der Waals surface area contributed by atoms with Crippen LogP contribution >= 0.6 is 0 Å². The standard InChI is InChI=1S/C20H26O2/c1-15-6-2-5-9-20(15)22-18-12-11-17(14-18)19(21)13-10-16-7-3-4-8-16/h2-3,5,9,16-18H,4,7-8,10-14H2,1H3. The molecule has 0 amide bonds. The molecule has 2 saturated carbocycles. The lowest BCUT2D eigenvalue weighted by Gasteiger charge is -2.16. The molecule has 0 saturated heterocycles. The van der Waals surface area contributed by atoms with Gasteiger partial charge in [0.05, 0.1) is 6.10 Å². The summed E-state index contributed by atoms with van der Waals surface area (Å²) in [6.45, 7) is 2.02. The number of ether oxygens (including phenoxy) is 1. The van der Waals surface area contributed by atoms with Gasteiger partial charge < -0.3 is 4.74 Å². The van der Waals surface area contributed by atoms with Crippen molar-refractivity contribution in [2.75, 3.05) is 0 Å². The molecule has 1 aromatic rings. The highest BCUT2D eigenvalue weighted by molar-refractivity contribution is 5.81. The first kappa shape index (κ1) is 15.6. The summed E-state index contributed by atoms with van der Waals surface area (Å²) in [4.78, 5) is 12.4. The lowest BCUT2D eigenvalue weighted by molar-refractivity contribution is -0.123. The summed E-state index contributed by atoms with van der Waals surface area (Å²) in [7, 11) is 0. The monoisotopic (exact) mass is 298 g/mol. The number of hydrogen-bond donors (Lipinski definition) is 0. The molecule has 118 valence electrons. The highest BCUT2D eigenvalue weighted by Crippen LogP contribution is 2.33. The first-order valence-electron chi connectivity index (χ1n) is 8.70. The summed E-state index contributed by atoms with van der Waals surface area (Å²) in [6, 6.07) is 9.03. The molecule has 2 fully saturated rings. The molecule has 1 aromatic carbocycles. The molecule has 2 aliphatic carbocycles. The summed E-state index contributed by atoms with van der Waals surface area (Å²) in [6.07, 6.45) is 11.1. The smallest absolute Gasteiger partial charge is 0.136 e. The lowest BCUT2D eigenvalue weighted by Crippen LogP contribution is -2.17. The van der Waals surface area contributed by atoms with Crippen LogP contribution in [-0.2, 0) is 4.79 Å². The van der Waals surface area contributed by atoms with Crippen molar-refractivity contribution < 1.29 is 9.53 Å². The first-order valence-corrected chi connectivity index (χ1v) is 8.70. The third kappa shape index (κ3) is 3.91. The Bertz CT molecular complexity index is 502. The maximum Gasteiger partial charge on any atom is 0.136 e. The molecule has 2 nitrogen and oxygen atoms in total. The van der Waals surface area contributed by atoms with Crippen molar-refractivity contribution in [3.05, 3.63) is 36.2 Å². The van der Waals surface area contributed by atoms with Crippen molar-refractivity contribution >= 4 is 5.78 Å². The van der Waals surface area contributed by atoms with Crippen LogP contribution in [0.3, 0.4) is 0 Å². The van der Waals surface area contributed by atoms with Gasteiger partial charge in [-0.25, -0.2) is 0 Å². The normalized spacial score (nSPS) is 25.5. The van der Waals surface area contributed by atoms with Gasteiger partial charge in [-0.05, 0) is 75.5 Å². The molecule has 0 N–H and O–H groups in total. The van der Waals surface area contributed by atoms with Gasteiger partial charge in [-0.15, -0.1) is 0 Å². The molecule has 0 bridgehead atoms. The minimum Gasteiger partial charge on any atom is -0.490 e. The largest absolute Gasteiger partial charge is 0.490 e. The Labute approximate surface area is 134 Å². The molecular weight excluding hydrogens is 272 g/mol. The predicted molar refractivity (Wildman–Crippen MR) is 87.7 cm³/mol. The molecule has 2 heteroatoms. The van der Waals surface area contributed by atoms with E-state index in [2.05, 4.69) is 12.5 Å². The number of aryl methyl sites for hydroxylation is 1. The molecule has 3 atom stereocenters. The zero-order valence-electron chi connectivity index (χ0n) is 13.5. The molecule has 22 heavy (non-hydrogen) atoms. The summed E-state index contributed by atoms with van der Waals surface area (Å²) in [5.74, 6) is 2.37. The van der Waals surface area contributed by atoms with Crippen LogP contribution in [0.5, 0.6) is 5.75 Å². The third-order valence-electron chi connectivity index (χ3n) is 5.22. The SMILES string of the molecule is Cc1[c]cccc1OC1CCC(C(=O)CCC2C[CH]CC2)C1. The van der Waals surface area contributed by atoms with Gasteiger partial charge in [0.1, 0.15) is 11.5 Å². The Morgan fingerprint density at radius 1 is 1.36 bits per heavy atom. The minimum absolute atomic E-state index is 0.197. The van der Waals surface area contributed by atoms with E-state index in [0.29, 0.717) is 5.78 Å². The molecule has 3 rings (SSSR count). The van der Waals surface area contributed by atoms with E-state index in [0.717, 1.165) is 49.3 Å². The molecule has 2 radical (unpaired) electrons. The van der Waals surface area contributed by atoms with Gasteiger partial charge in [0.15, 0.2) is 0 Å². The molecular formula is C20H26O2. The topological polar surface area (TPSA) is 26.3 Å². The Morgan fingerprint density at radius 3 is 3.05 bits per heavy atom. The van der Waals surface area contributed by atoms with E-state index < -0.39 is 0 Å². The third-order valence-corrected chi connectivity index (χ3v) is 5.22. The second-order valence-corrected chi connectivity index (χ2v) is 6.88. The predicted octanol–water partition coefficient (Wildman–Crippen LogP) is 4.70. The minimum atomic E-state index is 0.197. The van der Waals surface area contributed by atoms with Crippen LogP contribution in [0.1, 0.15) is 56.9 Å². The number of benzene rings is 1. The fourth-order valence-corrected chi connectivity index (χ4v) is 3.79. The molecule has 0 aliphatic heterocycles. The van der Waals surface area contributed by atoms with Crippen LogP contribution in [0.2, 0.25) is 0 Å². The zero-order valence-corrected chi connectivity index (χ0v) is 13.5. The highest BCUT2D eigenvalue weighted by atomic mass is 16.5. The van der Waals surface area contributed by atoms with Crippen molar-refractivity contribution in [3.63, 3.8) is 0 Å². The van der Waals surface area contributed by atoms with E-state index >= 15 is 0 Å². The van der Waals surface area contributed by atoms with E-state index in [9.17, 15) is 4.79 Å². The fourth-order valence-electron chi connectivity index (χ4n) is 3.79. The summed E-state index contributed by atoms with van der Waals surface area (Å²) < 4.78 is 6.08. The lowest BCUT2D eigenvalue weighted by atomic mass is 9.93. The molecule has 0 heterocycles. The van der Waals surface area contributed by atoms with Crippen LogP contribution in [0, 0.1) is 31.2 Å². The maximum absolute atomic E-state index is 12.4. The van der Waals surface area contributed by atoms with Gasteiger partial charge in [0.25, 0.3) is 0 Å². The number of carbonyl (C=O) groups excluding carboxylic acids is 1. The molecule has 0 aromatic heterocycles. The maximum atomic E-state index is 12.4. The van der Waals surface area contributed by atoms with Crippen molar-refractivity contribution in [2.24, 2.45) is 11.8 Å². The van der Waals surface area contributed by atoms with Gasteiger partial charge in [0, 0.05) is 12.3 Å². The molecule has 3 unspecified atom stereocenters. The van der Waals surface area contributed by atoms with Crippen LogP contribution < -0.4 is 4.74 Å². The number of hydrogen-bond acceptors (Lipinski definition) is 2. The number of rotatable bonds is 6. The van der Waals surface area contributed by atoms with E-state index in [-0.39, 0.29) is 12.0 Å². The summed E-state index contributed by atoms with van der Waals surface area (Å²) in [5.41, 5.74) is 1.05. The quantitative estimate of drug-likeness (QED) is 0.761. The second-order valence-electron chi connectivity index (χ2n) is 6.88. The fraction of sp³-hybridized carbons (Fsp3) is 0.600. The van der Waals surface area contributed by atoms with Gasteiger partial charge in [-0.1, -0.05) is 18.6 Å². The van der Waals surface area contributed by atoms with Crippen molar-refractivity contribution in [1.82, 2.24) is 0 Å². The van der Waals surface area contributed by atoms with Crippen molar-refractivity contribution in [1.29, 1.82) is 0 Å². The van der Waals surface area contributed by atoms with Crippen LogP contribution in [0.4, 0.5) is 0 Å². The first-order chi connectivity index (χ1) is 10.7. The number of Topliss-reactive ketones (excluding diaryl/α,β-unsaturated/α-hetero) is 1. The van der Waals surface area contributed by atoms with E-state index in [4.69, 9.17) is 4.74 Å². The van der Waals surface area contributed by atoms with Crippen LogP contribution in [-0.4, -0.2) is 11.9 Å². The molecule has 0 spiro atoms. The highest BCUT2D eigenvalue weighted by Gasteiger charge is 2.31. The number of ketones is 1. The average Bonchev–Trinajstić information content (AvgIpc) is 3.19. The van der Waals surface area contributed by atoms with Crippen molar-refractivity contribution in [2.45, 2.75) is 64.4 Å². The molecule has 2 aliphatic rings. The number of carbonyl (C=O) groups is 1. The van der Waals surface area contributed by atoms with E-state index in [1.165, 1.54) is 19.3 Å². The van der Waals surface area contributed by atoms with Gasteiger partial charge in [-0.2, -0.15) is 0 Å². The Hall–Kier alpha value is -1.31. The van der Waals surface area contributed by atoms with Crippen LogP contribution in [0.15, 0.2) is 18.2 Å². The van der Waals surface area contributed by atoms with E-state index in [1.54, 1.807) is 0 Å². The summed E-state index contributed by atoms with van der Waals surface area (Å²) in [5, 5.41) is 0. The van der Waals surface area contributed by atoms with Crippen molar-refractivity contribution in [3.8, 4) is 5.75 Å². The Morgan fingerprint density at radius 2 is 2.27 bits per heavy atom. The van der Waals surface area contributed by atoms with Gasteiger partial charge in [0.2, 0.25) is 0 Å². The average molecular weight is 298 g/mol. The Kier molecular flexibility index (Phi) is 5.17.